The van der Waals surface area contributed by atoms with Crippen molar-refractivity contribution in [3.05, 3.63) is 11.9 Å². The minimum absolute atomic E-state index is 0.129. The third-order valence-corrected chi connectivity index (χ3v) is 5.61. The van der Waals surface area contributed by atoms with Gasteiger partial charge in [-0.25, -0.2) is 4.68 Å². The Labute approximate surface area is 145 Å². The van der Waals surface area contributed by atoms with E-state index in [9.17, 15) is 0 Å². The lowest BCUT2D eigenvalue weighted by Crippen LogP contribution is -2.35. The molecule has 136 valence electrons. The summed E-state index contributed by atoms with van der Waals surface area (Å²) < 4.78 is 8.41. The minimum atomic E-state index is 0.129. The van der Waals surface area contributed by atoms with E-state index < -0.39 is 0 Å². The first-order valence-electron chi connectivity index (χ1n) is 9.29. The zero-order valence-corrected chi connectivity index (χ0v) is 15.7. The first-order chi connectivity index (χ1) is 11.4. The summed E-state index contributed by atoms with van der Waals surface area (Å²) in [5.74, 6) is 0. The van der Waals surface area contributed by atoms with Gasteiger partial charge in [0.25, 0.3) is 0 Å². The van der Waals surface area contributed by atoms with Crippen molar-refractivity contribution in [1.29, 1.82) is 0 Å². The van der Waals surface area contributed by atoms with Crippen LogP contribution in [0.25, 0.3) is 0 Å². The standard InChI is InChI=1S/C18H33N5O/c1-17(2)13-18(24-14-17)7-5-15(6-8-18)23-16(11-20-21-23)12-22(4)10-9-19-3/h11,15,19H,5-10,12-14H2,1-4H3. The molecule has 0 unspecified atom stereocenters. The second-order valence-corrected chi connectivity index (χ2v) is 8.56. The molecule has 1 aromatic rings. The first kappa shape index (κ1) is 17.8. The quantitative estimate of drug-likeness (QED) is 0.864. The Balaban J connectivity index is 1.58. The normalized spacial score (nSPS) is 29.6. The Morgan fingerprint density at radius 3 is 2.75 bits per heavy atom. The number of ether oxygens (including phenoxy) is 1. The fraction of sp³-hybridized carbons (Fsp3) is 0.889. The van der Waals surface area contributed by atoms with Crippen LogP contribution in [0.4, 0.5) is 0 Å². The Morgan fingerprint density at radius 1 is 1.38 bits per heavy atom. The van der Waals surface area contributed by atoms with Gasteiger partial charge in [0.15, 0.2) is 0 Å². The molecule has 6 heteroatoms. The Hall–Kier alpha value is -0.980. The summed E-state index contributed by atoms with van der Waals surface area (Å²) in [5, 5.41) is 11.8. The maximum Gasteiger partial charge on any atom is 0.0738 e. The van der Waals surface area contributed by atoms with Gasteiger partial charge in [0.05, 0.1) is 30.1 Å². The van der Waals surface area contributed by atoms with Crippen LogP contribution in [0.15, 0.2) is 6.20 Å². The van der Waals surface area contributed by atoms with Crippen LogP contribution < -0.4 is 5.32 Å². The van der Waals surface area contributed by atoms with Gasteiger partial charge in [-0.05, 0) is 51.6 Å². The molecule has 3 rings (SSSR count). The highest BCUT2D eigenvalue weighted by Gasteiger charge is 2.46. The predicted molar refractivity (Wildman–Crippen MR) is 94.9 cm³/mol. The molecule has 0 amide bonds. The van der Waals surface area contributed by atoms with E-state index in [4.69, 9.17) is 4.74 Å². The van der Waals surface area contributed by atoms with Gasteiger partial charge in [-0.3, -0.25) is 4.90 Å². The summed E-state index contributed by atoms with van der Waals surface area (Å²) in [6.45, 7) is 8.48. The van der Waals surface area contributed by atoms with E-state index in [2.05, 4.69) is 46.1 Å². The average Bonchev–Trinajstić information content (AvgIpc) is 3.11. The Kier molecular flexibility index (Phi) is 5.27. The summed E-state index contributed by atoms with van der Waals surface area (Å²) in [4.78, 5) is 2.32. The molecule has 2 fully saturated rings. The highest BCUT2D eigenvalue weighted by atomic mass is 16.5. The summed E-state index contributed by atoms with van der Waals surface area (Å²) >= 11 is 0. The number of rotatable bonds is 6. The van der Waals surface area contributed by atoms with Gasteiger partial charge < -0.3 is 10.1 Å². The zero-order valence-electron chi connectivity index (χ0n) is 15.7. The van der Waals surface area contributed by atoms with E-state index in [1.807, 2.05) is 13.2 Å². The number of nitrogens with one attached hydrogen (secondary N) is 1. The number of nitrogens with zero attached hydrogens (tertiary/aromatic N) is 4. The molecule has 2 heterocycles. The van der Waals surface area contributed by atoms with Crippen molar-refractivity contribution in [2.24, 2.45) is 5.41 Å². The van der Waals surface area contributed by atoms with Gasteiger partial charge in [0.1, 0.15) is 0 Å². The molecule has 0 bridgehead atoms. The number of hydrogen-bond acceptors (Lipinski definition) is 5. The molecular weight excluding hydrogens is 302 g/mol. The maximum absolute atomic E-state index is 6.24. The lowest BCUT2D eigenvalue weighted by Gasteiger charge is -2.37. The molecule has 1 saturated carbocycles. The van der Waals surface area contributed by atoms with Crippen LogP contribution in [0.5, 0.6) is 0 Å². The monoisotopic (exact) mass is 335 g/mol. The van der Waals surface area contributed by atoms with E-state index in [0.717, 1.165) is 51.9 Å². The SMILES string of the molecule is CNCCN(C)Cc1cnnn1C1CCC2(CC1)CC(C)(C)CO2. The molecule has 1 aromatic heterocycles. The number of aromatic nitrogens is 3. The maximum atomic E-state index is 6.24. The molecule has 1 N–H and O–H groups in total. The van der Waals surface area contributed by atoms with Crippen LogP contribution in [0, 0.1) is 5.41 Å². The molecule has 0 radical (unpaired) electrons. The van der Waals surface area contributed by atoms with Crippen LogP contribution in [-0.2, 0) is 11.3 Å². The molecule has 24 heavy (non-hydrogen) atoms. The van der Waals surface area contributed by atoms with Gasteiger partial charge in [0, 0.05) is 19.6 Å². The van der Waals surface area contributed by atoms with E-state index >= 15 is 0 Å². The van der Waals surface area contributed by atoms with E-state index in [1.165, 1.54) is 12.1 Å². The van der Waals surface area contributed by atoms with Crippen molar-refractivity contribution in [3.63, 3.8) is 0 Å². The first-order valence-corrected chi connectivity index (χ1v) is 9.29. The van der Waals surface area contributed by atoms with Gasteiger partial charge in [-0.2, -0.15) is 0 Å². The van der Waals surface area contributed by atoms with Gasteiger partial charge >= 0.3 is 0 Å². The van der Waals surface area contributed by atoms with Gasteiger partial charge in [-0.1, -0.05) is 19.1 Å². The van der Waals surface area contributed by atoms with Crippen LogP contribution >= 0.6 is 0 Å². The molecule has 1 spiro atoms. The van der Waals surface area contributed by atoms with Crippen molar-refractivity contribution in [2.45, 2.75) is 64.1 Å². The average molecular weight is 335 g/mol. The van der Waals surface area contributed by atoms with E-state index in [1.54, 1.807) is 0 Å². The van der Waals surface area contributed by atoms with Crippen molar-refractivity contribution < 1.29 is 4.74 Å². The molecular formula is C18H33N5O. The summed E-state index contributed by atoms with van der Waals surface area (Å²) in [6, 6.07) is 0.470. The molecule has 1 aliphatic carbocycles. The lowest BCUT2D eigenvalue weighted by atomic mass is 9.75. The highest BCUT2D eigenvalue weighted by Crippen LogP contribution is 2.48. The Morgan fingerprint density at radius 2 is 2.12 bits per heavy atom. The summed E-state index contributed by atoms with van der Waals surface area (Å²) in [5.41, 5.74) is 1.69. The number of hydrogen-bond donors (Lipinski definition) is 1. The zero-order chi connectivity index (χ0) is 17.2. The van der Waals surface area contributed by atoms with E-state index in [0.29, 0.717) is 11.5 Å². The second kappa shape index (κ2) is 7.10. The van der Waals surface area contributed by atoms with Crippen molar-refractivity contribution in [2.75, 3.05) is 33.8 Å². The molecule has 0 atom stereocenters. The van der Waals surface area contributed by atoms with Crippen molar-refractivity contribution >= 4 is 0 Å². The fourth-order valence-electron chi connectivity index (χ4n) is 4.36. The van der Waals surface area contributed by atoms with Gasteiger partial charge in [-0.15, -0.1) is 5.10 Å². The summed E-state index contributed by atoms with van der Waals surface area (Å²) in [6.07, 6.45) is 7.71. The van der Waals surface area contributed by atoms with Crippen molar-refractivity contribution in [1.82, 2.24) is 25.2 Å². The predicted octanol–water partition coefficient (Wildman–Crippen LogP) is 2.23. The van der Waals surface area contributed by atoms with Crippen molar-refractivity contribution in [3.8, 4) is 0 Å². The summed E-state index contributed by atoms with van der Waals surface area (Å²) in [7, 11) is 4.14. The topological polar surface area (TPSA) is 55.2 Å². The van der Waals surface area contributed by atoms with Gasteiger partial charge in [0.2, 0.25) is 0 Å². The molecule has 1 saturated heterocycles. The van der Waals surface area contributed by atoms with Crippen LogP contribution in [0.2, 0.25) is 0 Å². The Bertz CT molecular complexity index is 533. The van der Waals surface area contributed by atoms with E-state index in [-0.39, 0.29) is 5.60 Å². The molecule has 6 nitrogen and oxygen atoms in total. The third-order valence-electron chi connectivity index (χ3n) is 5.61. The second-order valence-electron chi connectivity index (χ2n) is 8.56. The molecule has 1 aliphatic heterocycles. The molecule has 0 aromatic carbocycles. The van der Waals surface area contributed by atoms with Crippen LogP contribution in [0.1, 0.15) is 57.7 Å². The largest absolute Gasteiger partial charge is 0.374 e. The lowest BCUT2D eigenvalue weighted by molar-refractivity contribution is -0.0355. The fourth-order valence-corrected chi connectivity index (χ4v) is 4.36. The highest BCUT2D eigenvalue weighted by molar-refractivity contribution is 5.01. The van der Waals surface area contributed by atoms with Crippen LogP contribution in [-0.4, -0.2) is 59.3 Å². The third kappa shape index (κ3) is 3.98. The molecule has 2 aliphatic rings. The smallest absolute Gasteiger partial charge is 0.0738 e. The van der Waals surface area contributed by atoms with Crippen LogP contribution in [0.3, 0.4) is 0 Å². The minimum Gasteiger partial charge on any atom is -0.374 e. The number of likely N-dealkylation sites (N-methyl/N-ethyl adjacent to an activating group) is 2.